The number of nitrogens with zero attached hydrogens (tertiary/aromatic N) is 3. The summed E-state index contributed by atoms with van der Waals surface area (Å²) in [5.41, 5.74) is 0.282. The Kier molecular flexibility index (Phi) is 7.56. The van der Waals surface area contributed by atoms with E-state index in [1.807, 2.05) is 13.0 Å². The molecule has 0 aliphatic carbocycles. The maximum Gasteiger partial charge on any atom is 0.322 e. The lowest BCUT2D eigenvalue weighted by atomic mass is 10.1. The van der Waals surface area contributed by atoms with Crippen LogP contribution < -0.4 is 10.9 Å². The molecule has 1 heterocycles. The van der Waals surface area contributed by atoms with E-state index in [0.717, 1.165) is 31.4 Å². The van der Waals surface area contributed by atoms with Crippen LogP contribution in [0.5, 0.6) is 0 Å². The molecule has 0 saturated carbocycles. The number of para-hydroxylation sites is 1. The first-order chi connectivity index (χ1) is 15.4. The van der Waals surface area contributed by atoms with Gasteiger partial charge in [0.25, 0.3) is 5.56 Å². The molecule has 0 saturated heterocycles. The van der Waals surface area contributed by atoms with Crippen molar-refractivity contribution >= 4 is 22.6 Å². The molecule has 1 aromatic heterocycles. The summed E-state index contributed by atoms with van der Waals surface area (Å²) >= 11 is 0. The highest BCUT2D eigenvalue weighted by Crippen LogP contribution is 2.23. The van der Waals surface area contributed by atoms with E-state index in [9.17, 15) is 18.4 Å². The molecule has 0 fully saturated rings. The fourth-order valence-electron chi connectivity index (χ4n) is 3.73. The number of aromatic nitrogens is 2. The number of halogens is 2. The number of nitrogens with one attached hydrogen (secondary N) is 1. The van der Waals surface area contributed by atoms with Gasteiger partial charge in [-0.05, 0) is 44.5 Å². The second kappa shape index (κ2) is 10.3. The predicted octanol–water partition coefficient (Wildman–Crippen LogP) is 5.48. The molecule has 170 valence electrons. The quantitative estimate of drug-likeness (QED) is 0.470. The molecule has 0 radical (unpaired) electrons. The summed E-state index contributed by atoms with van der Waals surface area (Å²) in [5.74, 6) is -1.11. The summed E-state index contributed by atoms with van der Waals surface area (Å²) in [4.78, 5) is 32.4. The highest BCUT2D eigenvalue weighted by Gasteiger charge is 2.26. The Morgan fingerprint density at radius 2 is 1.91 bits per heavy atom. The Morgan fingerprint density at radius 1 is 1.16 bits per heavy atom. The number of hydrogen-bond acceptors (Lipinski definition) is 3. The molecule has 3 rings (SSSR count). The van der Waals surface area contributed by atoms with Crippen LogP contribution in [0.15, 0.2) is 47.3 Å². The van der Waals surface area contributed by atoms with E-state index in [1.54, 1.807) is 34.6 Å². The van der Waals surface area contributed by atoms with Crippen molar-refractivity contribution in [3.63, 3.8) is 0 Å². The van der Waals surface area contributed by atoms with Gasteiger partial charge in [0.1, 0.15) is 17.5 Å². The van der Waals surface area contributed by atoms with Crippen LogP contribution in [0.25, 0.3) is 10.9 Å². The lowest BCUT2D eigenvalue weighted by Crippen LogP contribution is -2.40. The third kappa shape index (κ3) is 4.95. The first-order valence-corrected chi connectivity index (χ1v) is 10.9. The molecule has 8 heteroatoms. The SMILES string of the molecule is CCCCCN(C(=O)Nc1ccc(F)cc1F)C(C)c1nc2ccccc2c(=O)n1CC. The van der Waals surface area contributed by atoms with E-state index in [1.165, 1.54) is 6.07 Å². The molecule has 0 bridgehead atoms. The minimum Gasteiger partial charge on any atom is -0.315 e. The Hall–Kier alpha value is -3.29. The summed E-state index contributed by atoms with van der Waals surface area (Å²) in [5, 5.41) is 3.05. The molecule has 0 spiro atoms. The molecule has 2 amide bonds. The zero-order valence-corrected chi connectivity index (χ0v) is 18.6. The average Bonchev–Trinajstić information content (AvgIpc) is 2.78. The van der Waals surface area contributed by atoms with Crippen LogP contribution in [0, 0.1) is 11.6 Å². The van der Waals surface area contributed by atoms with E-state index in [2.05, 4.69) is 12.2 Å². The molecule has 1 unspecified atom stereocenters. The van der Waals surface area contributed by atoms with Crippen molar-refractivity contribution < 1.29 is 13.6 Å². The number of amides is 2. The number of rotatable bonds is 8. The fourth-order valence-corrected chi connectivity index (χ4v) is 3.73. The van der Waals surface area contributed by atoms with Gasteiger partial charge in [0.15, 0.2) is 0 Å². The number of fused-ring (bicyclic) bond motifs is 1. The van der Waals surface area contributed by atoms with Crippen LogP contribution in [-0.4, -0.2) is 27.0 Å². The van der Waals surface area contributed by atoms with Crippen LogP contribution in [0.2, 0.25) is 0 Å². The molecular formula is C24H28F2N4O2. The maximum absolute atomic E-state index is 14.1. The number of benzene rings is 2. The van der Waals surface area contributed by atoms with Gasteiger partial charge in [0, 0.05) is 19.2 Å². The van der Waals surface area contributed by atoms with E-state index in [0.29, 0.717) is 29.8 Å². The number of anilines is 1. The van der Waals surface area contributed by atoms with Gasteiger partial charge in [0.2, 0.25) is 0 Å². The summed E-state index contributed by atoms with van der Waals surface area (Å²) in [6.07, 6.45) is 2.61. The van der Waals surface area contributed by atoms with Gasteiger partial charge in [-0.25, -0.2) is 18.6 Å². The van der Waals surface area contributed by atoms with Crippen molar-refractivity contribution in [2.24, 2.45) is 0 Å². The fraction of sp³-hybridized carbons (Fsp3) is 0.375. The molecule has 0 aliphatic rings. The van der Waals surface area contributed by atoms with Crippen molar-refractivity contribution in [1.29, 1.82) is 0 Å². The van der Waals surface area contributed by atoms with Gasteiger partial charge in [-0.2, -0.15) is 0 Å². The monoisotopic (exact) mass is 442 g/mol. The summed E-state index contributed by atoms with van der Waals surface area (Å²) in [7, 11) is 0. The van der Waals surface area contributed by atoms with Gasteiger partial charge in [0.05, 0.1) is 22.6 Å². The lowest BCUT2D eigenvalue weighted by molar-refractivity contribution is 0.186. The van der Waals surface area contributed by atoms with Gasteiger partial charge in [-0.1, -0.05) is 31.9 Å². The largest absolute Gasteiger partial charge is 0.322 e. The second-order valence-corrected chi connectivity index (χ2v) is 7.67. The van der Waals surface area contributed by atoms with Gasteiger partial charge >= 0.3 is 6.03 Å². The van der Waals surface area contributed by atoms with Crippen molar-refractivity contribution in [3.05, 3.63) is 70.3 Å². The zero-order chi connectivity index (χ0) is 23.3. The Bertz CT molecular complexity index is 1160. The standard InChI is InChI=1S/C24H28F2N4O2/c1-4-6-9-14-30(24(32)28-21-13-12-17(25)15-19(21)26)16(3)22-27-20-11-8-7-10-18(20)23(31)29(22)5-2/h7-8,10-13,15-16H,4-6,9,14H2,1-3H3,(H,28,32). The van der Waals surface area contributed by atoms with Crippen molar-refractivity contribution in [1.82, 2.24) is 14.5 Å². The average molecular weight is 443 g/mol. The molecule has 6 nitrogen and oxygen atoms in total. The van der Waals surface area contributed by atoms with E-state index >= 15 is 0 Å². The summed E-state index contributed by atoms with van der Waals surface area (Å²) < 4.78 is 28.9. The highest BCUT2D eigenvalue weighted by molar-refractivity contribution is 5.89. The third-order valence-electron chi connectivity index (χ3n) is 5.48. The molecular weight excluding hydrogens is 414 g/mol. The van der Waals surface area contributed by atoms with Crippen molar-refractivity contribution in [2.45, 2.75) is 52.6 Å². The number of carbonyl (C=O) groups excluding carboxylic acids is 1. The second-order valence-electron chi connectivity index (χ2n) is 7.67. The normalized spacial score (nSPS) is 12.0. The Balaban J connectivity index is 1.99. The van der Waals surface area contributed by atoms with E-state index < -0.39 is 23.7 Å². The molecule has 3 aromatic rings. The molecule has 2 aromatic carbocycles. The Labute approximate surface area is 185 Å². The molecule has 1 N–H and O–H groups in total. The van der Waals surface area contributed by atoms with Crippen LogP contribution in [0.3, 0.4) is 0 Å². The van der Waals surface area contributed by atoms with Crippen LogP contribution in [0.1, 0.15) is 51.9 Å². The van der Waals surface area contributed by atoms with Crippen LogP contribution >= 0.6 is 0 Å². The van der Waals surface area contributed by atoms with Gasteiger partial charge in [-0.3, -0.25) is 9.36 Å². The van der Waals surface area contributed by atoms with E-state index in [-0.39, 0.29) is 11.2 Å². The third-order valence-corrected chi connectivity index (χ3v) is 5.48. The van der Waals surface area contributed by atoms with Gasteiger partial charge in [-0.15, -0.1) is 0 Å². The highest BCUT2D eigenvalue weighted by atomic mass is 19.1. The minimum absolute atomic E-state index is 0.108. The zero-order valence-electron chi connectivity index (χ0n) is 18.6. The van der Waals surface area contributed by atoms with Crippen LogP contribution in [0.4, 0.5) is 19.3 Å². The maximum atomic E-state index is 14.1. The lowest BCUT2D eigenvalue weighted by Gasteiger charge is -2.30. The number of unbranched alkanes of at least 4 members (excludes halogenated alkanes) is 2. The predicted molar refractivity (Wildman–Crippen MR) is 122 cm³/mol. The molecule has 0 aliphatic heterocycles. The minimum atomic E-state index is -0.853. The first kappa shape index (κ1) is 23.4. The summed E-state index contributed by atoms with van der Waals surface area (Å²) in [6, 6.07) is 9.00. The number of urea groups is 1. The first-order valence-electron chi connectivity index (χ1n) is 10.9. The smallest absolute Gasteiger partial charge is 0.315 e. The summed E-state index contributed by atoms with van der Waals surface area (Å²) in [6.45, 7) is 6.50. The Morgan fingerprint density at radius 3 is 2.59 bits per heavy atom. The van der Waals surface area contributed by atoms with E-state index in [4.69, 9.17) is 4.98 Å². The molecule has 32 heavy (non-hydrogen) atoms. The van der Waals surface area contributed by atoms with Crippen LogP contribution in [-0.2, 0) is 6.54 Å². The topological polar surface area (TPSA) is 67.2 Å². The molecule has 1 atom stereocenters. The van der Waals surface area contributed by atoms with Crippen molar-refractivity contribution in [2.75, 3.05) is 11.9 Å². The number of carbonyl (C=O) groups is 1. The van der Waals surface area contributed by atoms with Crippen molar-refractivity contribution in [3.8, 4) is 0 Å². The number of hydrogen-bond donors (Lipinski definition) is 1. The van der Waals surface area contributed by atoms with Gasteiger partial charge < -0.3 is 10.2 Å².